The van der Waals surface area contributed by atoms with Crippen molar-refractivity contribution in [1.82, 2.24) is 4.90 Å². The molecule has 2 N–H and O–H groups in total. The third-order valence-electron chi connectivity index (χ3n) is 4.11. The molecular weight excluding hydrogens is 244 g/mol. The van der Waals surface area contributed by atoms with Gasteiger partial charge < -0.3 is 10.6 Å². The van der Waals surface area contributed by atoms with Gasteiger partial charge in [-0.3, -0.25) is 0 Å². The van der Waals surface area contributed by atoms with Crippen molar-refractivity contribution in [2.75, 3.05) is 26.7 Å². The highest BCUT2D eigenvalue weighted by atomic mass is 35.5. The molecule has 0 aliphatic carbocycles. The van der Waals surface area contributed by atoms with E-state index in [-0.39, 0.29) is 0 Å². The van der Waals surface area contributed by atoms with Gasteiger partial charge in [0.1, 0.15) is 0 Å². The second-order valence-corrected chi connectivity index (χ2v) is 5.90. The number of likely N-dealkylation sites (tertiary alicyclic amines) is 1. The average molecular weight is 267 g/mol. The summed E-state index contributed by atoms with van der Waals surface area (Å²) in [4.78, 5) is 2.38. The highest BCUT2D eigenvalue weighted by Crippen LogP contribution is 2.34. The quantitative estimate of drug-likeness (QED) is 0.910. The molecule has 1 aromatic carbocycles. The number of nitrogens with two attached hydrogens (primary N) is 1. The maximum Gasteiger partial charge on any atom is 0.0443 e. The van der Waals surface area contributed by atoms with Crippen LogP contribution in [0.3, 0.4) is 0 Å². The van der Waals surface area contributed by atoms with Crippen LogP contribution in [0.15, 0.2) is 18.2 Å². The number of nitrogens with zero attached hydrogens (tertiary/aromatic N) is 1. The second-order valence-electron chi connectivity index (χ2n) is 5.50. The van der Waals surface area contributed by atoms with E-state index >= 15 is 0 Å². The molecule has 1 atom stereocenters. The summed E-state index contributed by atoms with van der Waals surface area (Å²) in [6, 6.07) is 6.50. The minimum Gasteiger partial charge on any atom is -0.330 e. The van der Waals surface area contributed by atoms with Gasteiger partial charge in [-0.15, -0.1) is 0 Å². The van der Waals surface area contributed by atoms with Gasteiger partial charge in [0.25, 0.3) is 0 Å². The van der Waals surface area contributed by atoms with E-state index in [1.165, 1.54) is 37.1 Å². The molecule has 0 saturated carbocycles. The molecule has 1 unspecified atom stereocenters. The third-order valence-corrected chi connectivity index (χ3v) is 4.43. The molecule has 0 bridgehead atoms. The highest BCUT2D eigenvalue weighted by molar-refractivity contribution is 6.31. The predicted molar refractivity (Wildman–Crippen MR) is 78.4 cm³/mol. The summed E-state index contributed by atoms with van der Waals surface area (Å²) in [5.41, 5.74) is 8.27. The van der Waals surface area contributed by atoms with Crippen LogP contribution >= 0.6 is 11.6 Å². The van der Waals surface area contributed by atoms with Gasteiger partial charge in [0.05, 0.1) is 0 Å². The van der Waals surface area contributed by atoms with Crippen LogP contribution in [-0.4, -0.2) is 31.6 Å². The molecule has 0 amide bonds. The largest absolute Gasteiger partial charge is 0.330 e. The first-order valence-corrected chi connectivity index (χ1v) is 7.17. The van der Waals surface area contributed by atoms with Crippen molar-refractivity contribution in [2.45, 2.75) is 31.6 Å². The summed E-state index contributed by atoms with van der Waals surface area (Å²) in [7, 11) is 2.18. The summed E-state index contributed by atoms with van der Waals surface area (Å²) >= 11 is 6.45. The minimum atomic E-state index is 0.383. The van der Waals surface area contributed by atoms with Crippen LogP contribution in [0.1, 0.15) is 42.7 Å². The molecule has 3 heteroatoms. The monoisotopic (exact) mass is 266 g/mol. The Balaban J connectivity index is 2.14. The van der Waals surface area contributed by atoms with Gasteiger partial charge in [0.2, 0.25) is 0 Å². The van der Waals surface area contributed by atoms with E-state index in [1.807, 2.05) is 0 Å². The Labute approximate surface area is 115 Å². The van der Waals surface area contributed by atoms with Gasteiger partial charge in [0, 0.05) is 5.02 Å². The number of hydrogen-bond donors (Lipinski definition) is 1. The van der Waals surface area contributed by atoms with Crippen LogP contribution in [0.5, 0.6) is 0 Å². The van der Waals surface area contributed by atoms with E-state index < -0.39 is 0 Å². The molecule has 1 saturated heterocycles. The predicted octanol–water partition coefficient (Wildman–Crippen LogP) is 3.21. The number of halogens is 1. The molecule has 1 aliphatic rings. The van der Waals surface area contributed by atoms with Crippen LogP contribution in [0, 0.1) is 0 Å². The fourth-order valence-corrected chi connectivity index (χ4v) is 2.98. The first kappa shape index (κ1) is 13.9. The summed E-state index contributed by atoms with van der Waals surface area (Å²) in [6.07, 6.45) is 2.42. The average Bonchev–Trinajstić information content (AvgIpc) is 2.39. The second kappa shape index (κ2) is 6.05. The van der Waals surface area contributed by atoms with Gasteiger partial charge in [-0.1, -0.05) is 30.7 Å². The number of hydrogen-bond acceptors (Lipinski definition) is 2. The molecule has 1 heterocycles. The van der Waals surface area contributed by atoms with Crippen LogP contribution in [-0.2, 0) is 0 Å². The van der Waals surface area contributed by atoms with Crippen molar-refractivity contribution in [3.05, 3.63) is 34.3 Å². The standard InChI is InChI=1S/C15H23ClN2/c1-11(10-17)13-3-4-14(15(16)9-13)12-5-7-18(2)8-6-12/h3-4,9,11-12H,5-8,10,17H2,1-2H3. The molecule has 2 nitrogen and oxygen atoms in total. The van der Waals surface area contributed by atoms with Crippen LogP contribution in [0.25, 0.3) is 0 Å². The molecule has 0 radical (unpaired) electrons. The Bertz CT molecular complexity index is 397. The Kier molecular flexibility index (Phi) is 4.66. The fraction of sp³-hybridized carbons (Fsp3) is 0.600. The number of rotatable bonds is 3. The topological polar surface area (TPSA) is 29.3 Å². The Hall–Kier alpha value is -0.570. The van der Waals surface area contributed by atoms with Gasteiger partial charge in [-0.2, -0.15) is 0 Å². The lowest BCUT2D eigenvalue weighted by Gasteiger charge is -2.30. The lowest BCUT2D eigenvalue weighted by Crippen LogP contribution is -2.29. The van der Waals surface area contributed by atoms with Crippen molar-refractivity contribution >= 4 is 11.6 Å². The fourth-order valence-electron chi connectivity index (χ4n) is 2.64. The Morgan fingerprint density at radius 3 is 2.61 bits per heavy atom. The van der Waals surface area contributed by atoms with Crippen LogP contribution in [0.4, 0.5) is 0 Å². The summed E-state index contributed by atoms with van der Waals surface area (Å²) in [5.74, 6) is 1.00. The molecular formula is C15H23ClN2. The lowest BCUT2D eigenvalue weighted by molar-refractivity contribution is 0.255. The van der Waals surface area contributed by atoms with Crippen LogP contribution in [0.2, 0.25) is 5.02 Å². The van der Waals surface area contributed by atoms with Crippen molar-refractivity contribution in [2.24, 2.45) is 5.73 Å². The lowest BCUT2D eigenvalue weighted by atomic mass is 9.88. The van der Waals surface area contributed by atoms with Crippen molar-refractivity contribution < 1.29 is 0 Å². The first-order chi connectivity index (χ1) is 8.61. The van der Waals surface area contributed by atoms with Gasteiger partial charge in [-0.05, 0) is 68.6 Å². The first-order valence-electron chi connectivity index (χ1n) is 6.79. The maximum absolute atomic E-state index is 6.45. The number of piperidine rings is 1. The van der Waals surface area contributed by atoms with Crippen molar-refractivity contribution in [1.29, 1.82) is 0 Å². The SMILES string of the molecule is CC(CN)c1ccc(C2CCN(C)CC2)c(Cl)c1. The van der Waals surface area contributed by atoms with Crippen molar-refractivity contribution in [3.63, 3.8) is 0 Å². The van der Waals surface area contributed by atoms with Gasteiger partial charge in [0.15, 0.2) is 0 Å². The van der Waals surface area contributed by atoms with Crippen LogP contribution < -0.4 is 5.73 Å². The zero-order chi connectivity index (χ0) is 13.1. The summed E-state index contributed by atoms with van der Waals surface area (Å²) in [5, 5.41) is 0.919. The molecule has 0 aromatic heterocycles. The molecule has 1 aromatic rings. The molecule has 100 valence electrons. The van der Waals surface area contributed by atoms with Crippen molar-refractivity contribution in [3.8, 4) is 0 Å². The van der Waals surface area contributed by atoms with E-state index in [0.717, 1.165) is 5.02 Å². The molecule has 18 heavy (non-hydrogen) atoms. The summed E-state index contributed by atoms with van der Waals surface area (Å²) in [6.45, 7) is 5.15. The van der Waals surface area contributed by atoms with E-state index in [0.29, 0.717) is 18.4 Å². The minimum absolute atomic E-state index is 0.383. The molecule has 2 rings (SSSR count). The molecule has 0 spiro atoms. The third kappa shape index (κ3) is 3.05. The number of benzene rings is 1. The Morgan fingerprint density at radius 1 is 1.39 bits per heavy atom. The normalized spacial score (nSPS) is 20.0. The smallest absolute Gasteiger partial charge is 0.0443 e. The summed E-state index contributed by atoms with van der Waals surface area (Å²) < 4.78 is 0. The van der Waals surface area contributed by atoms with E-state index in [4.69, 9.17) is 17.3 Å². The molecule has 1 aliphatic heterocycles. The Morgan fingerprint density at radius 2 is 2.06 bits per heavy atom. The van der Waals surface area contributed by atoms with E-state index in [9.17, 15) is 0 Å². The zero-order valence-electron chi connectivity index (χ0n) is 11.3. The maximum atomic E-state index is 6.45. The highest BCUT2D eigenvalue weighted by Gasteiger charge is 2.20. The molecule has 1 fully saturated rings. The van der Waals surface area contributed by atoms with E-state index in [1.54, 1.807) is 0 Å². The van der Waals surface area contributed by atoms with Gasteiger partial charge >= 0.3 is 0 Å². The zero-order valence-corrected chi connectivity index (χ0v) is 12.1. The van der Waals surface area contributed by atoms with E-state index in [2.05, 4.69) is 37.1 Å². The van der Waals surface area contributed by atoms with Gasteiger partial charge in [-0.25, -0.2) is 0 Å².